The molecule has 0 bridgehead atoms. The van der Waals surface area contributed by atoms with Crippen molar-refractivity contribution in [1.29, 1.82) is 0 Å². The average molecular weight is 269 g/mol. The lowest BCUT2D eigenvalue weighted by atomic mass is 10.1. The quantitative estimate of drug-likeness (QED) is 0.676. The first-order valence-corrected chi connectivity index (χ1v) is 7.48. The number of nitrogens with two attached hydrogens (primary N) is 1. The fourth-order valence-electron chi connectivity index (χ4n) is 1.70. The maximum absolute atomic E-state index is 11.6. The molecule has 1 heterocycles. The molecule has 0 aliphatic rings. The Morgan fingerprint density at radius 2 is 2.22 bits per heavy atom. The van der Waals surface area contributed by atoms with E-state index < -0.39 is 0 Å². The van der Waals surface area contributed by atoms with Crippen molar-refractivity contribution in [2.24, 2.45) is 5.73 Å². The lowest BCUT2D eigenvalue weighted by molar-refractivity contribution is -0.121. The van der Waals surface area contributed by atoms with Crippen molar-refractivity contribution < 1.29 is 4.79 Å². The van der Waals surface area contributed by atoms with E-state index in [0.29, 0.717) is 18.9 Å². The zero-order valence-corrected chi connectivity index (χ0v) is 11.8. The maximum atomic E-state index is 11.6. The van der Waals surface area contributed by atoms with Crippen LogP contribution in [0.4, 0.5) is 0 Å². The van der Waals surface area contributed by atoms with Gasteiger partial charge >= 0.3 is 0 Å². The molecule has 4 nitrogen and oxygen atoms in total. The molecule has 3 N–H and O–H groups in total. The predicted molar refractivity (Wildman–Crippen MR) is 75.7 cm³/mol. The lowest BCUT2D eigenvalue weighted by Gasteiger charge is -2.10. The van der Waals surface area contributed by atoms with Gasteiger partial charge in [0.1, 0.15) is 0 Å². The van der Waals surface area contributed by atoms with Crippen LogP contribution in [0.2, 0.25) is 0 Å². The van der Waals surface area contributed by atoms with Gasteiger partial charge in [0.15, 0.2) is 0 Å². The molecule has 0 saturated heterocycles. The summed E-state index contributed by atoms with van der Waals surface area (Å²) in [5.74, 6) is 0.442. The van der Waals surface area contributed by atoms with Crippen molar-refractivity contribution in [2.45, 2.75) is 44.9 Å². The van der Waals surface area contributed by atoms with Crippen LogP contribution in [0.25, 0.3) is 0 Å². The molecule has 1 aromatic rings. The molecule has 0 aromatic carbocycles. The van der Waals surface area contributed by atoms with E-state index in [9.17, 15) is 4.79 Å². The van der Waals surface area contributed by atoms with Gasteiger partial charge < -0.3 is 11.1 Å². The number of hydrogen-bond acceptors (Lipinski definition) is 4. The third kappa shape index (κ3) is 6.12. The lowest BCUT2D eigenvalue weighted by Crippen LogP contribution is -2.27. The van der Waals surface area contributed by atoms with Gasteiger partial charge in [-0.3, -0.25) is 4.79 Å². The third-order valence-electron chi connectivity index (χ3n) is 2.84. The Kier molecular flexibility index (Phi) is 7.60. The van der Waals surface area contributed by atoms with Gasteiger partial charge in [-0.05, 0) is 19.4 Å². The second kappa shape index (κ2) is 9.05. The van der Waals surface area contributed by atoms with Gasteiger partial charge in [0.25, 0.3) is 0 Å². The molecule has 0 spiro atoms. The summed E-state index contributed by atoms with van der Waals surface area (Å²) >= 11 is 1.64. The highest BCUT2D eigenvalue weighted by molar-refractivity contribution is 7.09. The fraction of sp³-hybridized carbons (Fsp3) is 0.692. The van der Waals surface area contributed by atoms with E-state index >= 15 is 0 Å². The maximum Gasteiger partial charge on any atom is 0.220 e. The molecule has 1 amide bonds. The minimum absolute atomic E-state index is 0.145. The van der Waals surface area contributed by atoms with Crippen molar-refractivity contribution in [2.75, 3.05) is 13.1 Å². The van der Waals surface area contributed by atoms with E-state index in [0.717, 1.165) is 37.2 Å². The van der Waals surface area contributed by atoms with E-state index in [2.05, 4.69) is 17.2 Å². The molecular formula is C13H23N3OS. The van der Waals surface area contributed by atoms with Crippen molar-refractivity contribution >= 4 is 17.2 Å². The molecule has 1 rings (SSSR count). The number of nitrogens with one attached hydrogen (secondary N) is 1. The van der Waals surface area contributed by atoms with Crippen LogP contribution in [0, 0.1) is 0 Å². The Labute approximate surface area is 113 Å². The van der Waals surface area contributed by atoms with Crippen molar-refractivity contribution in [3.63, 3.8) is 0 Å². The molecule has 0 fully saturated rings. The van der Waals surface area contributed by atoms with Crippen LogP contribution in [-0.2, 0) is 4.79 Å². The molecule has 18 heavy (non-hydrogen) atoms. The van der Waals surface area contributed by atoms with Gasteiger partial charge in [0.05, 0.1) is 5.01 Å². The molecule has 1 aromatic heterocycles. The van der Waals surface area contributed by atoms with E-state index in [-0.39, 0.29) is 5.91 Å². The number of nitrogens with zero attached hydrogens (tertiary/aromatic N) is 1. The number of hydrogen-bond donors (Lipinski definition) is 2. The third-order valence-corrected chi connectivity index (χ3v) is 3.84. The second-order valence-corrected chi connectivity index (χ2v) is 5.45. The van der Waals surface area contributed by atoms with Crippen LogP contribution in [0.3, 0.4) is 0 Å². The summed E-state index contributed by atoms with van der Waals surface area (Å²) in [5, 5.41) is 6.01. The van der Waals surface area contributed by atoms with Gasteiger partial charge in [0, 0.05) is 30.5 Å². The van der Waals surface area contributed by atoms with Gasteiger partial charge in [-0.2, -0.15) is 0 Å². The normalized spacial score (nSPS) is 12.3. The number of aromatic nitrogens is 1. The molecule has 0 aliphatic carbocycles. The molecule has 5 heteroatoms. The monoisotopic (exact) mass is 269 g/mol. The van der Waals surface area contributed by atoms with Crippen molar-refractivity contribution in [3.05, 3.63) is 16.6 Å². The van der Waals surface area contributed by atoms with Gasteiger partial charge in [-0.1, -0.05) is 19.8 Å². The number of carbonyl (C=O) groups excluding carboxylic acids is 1. The van der Waals surface area contributed by atoms with Crippen molar-refractivity contribution in [1.82, 2.24) is 10.3 Å². The number of thiazole rings is 1. The molecular weight excluding hydrogens is 246 g/mol. The largest absolute Gasteiger partial charge is 0.355 e. The fourth-order valence-corrected chi connectivity index (χ4v) is 2.40. The highest BCUT2D eigenvalue weighted by Gasteiger charge is 2.09. The highest BCUT2D eigenvalue weighted by atomic mass is 32.1. The van der Waals surface area contributed by atoms with Crippen LogP contribution in [0.1, 0.15) is 50.0 Å². The number of carbonyl (C=O) groups is 1. The molecule has 0 aliphatic heterocycles. The summed E-state index contributed by atoms with van der Waals surface area (Å²) in [7, 11) is 0. The minimum Gasteiger partial charge on any atom is -0.355 e. The zero-order valence-electron chi connectivity index (χ0n) is 11.0. The minimum atomic E-state index is 0.145. The summed E-state index contributed by atoms with van der Waals surface area (Å²) in [6, 6.07) is 0. The Hall–Kier alpha value is -0.940. The smallest absolute Gasteiger partial charge is 0.220 e. The number of unbranched alkanes of at least 4 members (excludes halogenated alkanes) is 3. The van der Waals surface area contributed by atoms with Crippen LogP contribution >= 0.6 is 11.3 Å². The highest BCUT2D eigenvalue weighted by Crippen LogP contribution is 2.16. The van der Waals surface area contributed by atoms with Crippen LogP contribution in [0.5, 0.6) is 0 Å². The topological polar surface area (TPSA) is 68.0 Å². The van der Waals surface area contributed by atoms with Crippen molar-refractivity contribution in [3.8, 4) is 0 Å². The van der Waals surface area contributed by atoms with E-state index in [1.807, 2.05) is 5.38 Å². The number of rotatable bonds is 9. The summed E-state index contributed by atoms with van der Waals surface area (Å²) in [6.07, 6.45) is 6.65. The Bertz CT molecular complexity index is 327. The molecule has 102 valence electrons. The Morgan fingerprint density at radius 3 is 2.89 bits per heavy atom. The summed E-state index contributed by atoms with van der Waals surface area (Å²) in [4.78, 5) is 15.8. The summed E-state index contributed by atoms with van der Waals surface area (Å²) in [5.41, 5.74) is 5.41. The van der Waals surface area contributed by atoms with Gasteiger partial charge in [-0.15, -0.1) is 11.3 Å². The van der Waals surface area contributed by atoms with Gasteiger partial charge in [0.2, 0.25) is 5.91 Å². The summed E-state index contributed by atoms with van der Waals surface area (Å²) < 4.78 is 0. The van der Waals surface area contributed by atoms with E-state index in [1.165, 1.54) is 0 Å². The summed E-state index contributed by atoms with van der Waals surface area (Å²) in [6.45, 7) is 3.51. The Morgan fingerprint density at radius 1 is 1.44 bits per heavy atom. The predicted octanol–water partition coefficient (Wildman–Crippen LogP) is 2.27. The molecule has 0 radical (unpaired) electrons. The standard InChI is InChI=1S/C13H23N3OS/c1-11(13-15-8-9-18-13)10-16-12(17)6-4-2-3-5-7-14/h8-9,11H,2-7,10,14H2,1H3,(H,16,17). The van der Waals surface area contributed by atoms with E-state index in [4.69, 9.17) is 5.73 Å². The molecule has 0 saturated carbocycles. The first-order chi connectivity index (χ1) is 8.74. The zero-order chi connectivity index (χ0) is 13.2. The first-order valence-electron chi connectivity index (χ1n) is 6.60. The van der Waals surface area contributed by atoms with Crippen LogP contribution in [0.15, 0.2) is 11.6 Å². The molecule has 1 unspecified atom stereocenters. The average Bonchev–Trinajstić information content (AvgIpc) is 2.89. The number of amides is 1. The van der Waals surface area contributed by atoms with Crippen LogP contribution in [-0.4, -0.2) is 24.0 Å². The van der Waals surface area contributed by atoms with Gasteiger partial charge in [-0.25, -0.2) is 4.98 Å². The SMILES string of the molecule is CC(CNC(=O)CCCCCCN)c1nccs1. The van der Waals surface area contributed by atoms with Crippen LogP contribution < -0.4 is 11.1 Å². The first kappa shape index (κ1) is 15.1. The van der Waals surface area contributed by atoms with E-state index in [1.54, 1.807) is 17.5 Å². The second-order valence-electron chi connectivity index (χ2n) is 4.53. The Balaban J connectivity index is 2.06. The molecule has 1 atom stereocenters.